The molecular formula is C15H30N2. The van der Waals surface area contributed by atoms with Crippen LogP contribution in [0.15, 0.2) is 0 Å². The highest BCUT2D eigenvalue weighted by molar-refractivity contribution is 4.82. The molecule has 2 fully saturated rings. The molecule has 100 valence electrons. The summed E-state index contributed by atoms with van der Waals surface area (Å²) in [6.45, 7) is 4.88. The van der Waals surface area contributed by atoms with Gasteiger partial charge in [-0.15, -0.1) is 0 Å². The van der Waals surface area contributed by atoms with Crippen molar-refractivity contribution < 1.29 is 0 Å². The third-order valence-electron chi connectivity index (χ3n) is 4.87. The first kappa shape index (κ1) is 13.4. The molecule has 0 bridgehead atoms. The Kier molecular flexibility index (Phi) is 4.87. The lowest BCUT2D eigenvalue weighted by molar-refractivity contribution is 0.199. The Hall–Kier alpha value is -0.0800. The van der Waals surface area contributed by atoms with Gasteiger partial charge in [-0.2, -0.15) is 0 Å². The highest BCUT2D eigenvalue weighted by atomic mass is 14.9. The van der Waals surface area contributed by atoms with E-state index in [-0.39, 0.29) is 0 Å². The third kappa shape index (κ3) is 4.26. The maximum atomic E-state index is 6.04. The molecule has 2 rings (SSSR count). The Morgan fingerprint density at radius 1 is 1.12 bits per heavy atom. The van der Waals surface area contributed by atoms with Crippen LogP contribution in [0.4, 0.5) is 0 Å². The van der Waals surface area contributed by atoms with Crippen LogP contribution in [0.1, 0.15) is 64.7 Å². The molecule has 2 heteroatoms. The van der Waals surface area contributed by atoms with E-state index in [0.29, 0.717) is 11.5 Å². The van der Waals surface area contributed by atoms with Gasteiger partial charge in [0.1, 0.15) is 0 Å². The summed E-state index contributed by atoms with van der Waals surface area (Å²) in [6, 6.07) is 0.473. The monoisotopic (exact) mass is 238 g/mol. The molecule has 0 heterocycles. The molecule has 0 aliphatic heterocycles. The lowest BCUT2D eigenvalue weighted by atomic mass is 9.75. The van der Waals surface area contributed by atoms with E-state index in [4.69, 9.17) is 5.73 Å². The van der Waals surface area contributed by atoms with Gasteiger partial charge in [0.25, 0.3) is 0 Å². The number of rotatable bonds is 4. The molecule has 0 radical (unpaired) electrons. The fraction of sp³-hybridized carbons (Fsp3) is 1.00. The minimum Gasteiger partial charge on any atom is -0.328 e. The van der Waals surface area contributed by atoms with Gasteiger partial charge in [-0.3, -0.25) is 0 Å². The van der Waals surface area contributed by atoms with E-state index in [1.165, 1.54) is 70.9 Å². The van der Waals surface area contributed by atoms with E-state index in [0.717, 1.165) is 5.92 Å². The summed E-state index contributed by atoms with van der Waals surface area (Å²) in [5, 5.41) is 3.73. The van der Waals surface area contributed by atoms with Crippen molar-refractivity contribution >= 4 is 0 Å². The van der Waals surface area contributed by atoms with Crippen LogP contribution in [0.25, 0.3) is 0 Å². The summed E-state index contributed by atoms with van der Waals surface area (Å²) < 4.78 is 0. The van der Waals surface area contributed by atoms with Crippen LogP contribution in [-0.2, 0) is 0 Å². The number of hydrogen-bond acceptors (Lipinski definition) is 2. The largest absolute Gasteiger partial charge is 0.328 e. The molecule has 0 aromatic heterocycles. The molecule has 2 aliphatic carbocycles. The summed E-state index contributed by atoms with van der Waals surface area (Å²) in [5.41, 5.74) is 6.62. The van der Waals surface area contributed by atoms with E-state index in [1.54, 1.807) is 0 Å². The molecule has 3 N–H and O–H groups in total. The fourth-order valence-electron chi connectivity index (χ4n) is 3.68. The van der Waals surface area contributed by atoms with E-state index < -0.39 is 0 Å². The van der Waals surface area contributed by atoms with Gasteiger partial charge in [0.05, 0.1) is 0 Å². The van der Waals surface area contributed by atoms with Gasteiger partial charge in [-0.05, 0) is 50.0 Å². The number of hydrogen-bond donors (Lipinski definition) is 2. The van der Waals surface area contributed by atoms with Gasteiger partial charge in [0, 0.05) is 12.6 Å². The second-order valence-corrected chi connectivity index (χ2v) is 6.79. The highest BCUT2D eigenvalue weighted by Gasteiger charge is 2.27. The van der Waals surface area contributed by atoms with Gasteiger partial charge in [-0.1, -0.05) is 32.6 Å². The zero-order chi connectivity index (χ0) is 12.1. The van der Waals surface area contributed by atoms with Crippen molar-refractivity contribution in [2.75, 3.05) is 13.1 Å². The van der Waals surface area contributed by atoms with Crippen LogP contribution >= 0.6 is 0 Å². The van der Waals surface area contributed by atoms with Crippen LogP contribution in [0.5, 0.6) is 0 Å². The molecule has 0 aromatic rings. The smallest absolute Gasteiger partial charge is 0.00419 e. The maximum Gasteiger partial charge on any atom is 0.00419 e. The zero-order valence-electron chi connectivity index (χ0n) is 11.5. The van der Waals surface area contributed by atoms with E-state index in [9.17, 15) is 0 Å². The Labute approximate surface area is 107 Å². The van der Waals surface area contributed by atoms with Crippen LogP contribution < -0.4 is 11.1 Å². The van der Waals surface area contributed by atoms with Crippen molar-refractivity contribution in [2.45, 2.75) is 70.8 Å². The topological polar surface area (TPSA) is 38.0 Å². The lowest BCUT2D eigenvalue weighted by Crippen LogP contribution is -2.38. The van der Waals surface area contributed by atoms with Gasteiger partial charge in [0.15, 0.2) is 0 Å². The molecule has 2 aliphatic rings. The summed E-state index contributed by atoms with van der Waals surface area (Å²) in [7, 11) is 0. The second-order valence-electron chi connectivity index (χ2n) is 6.79. The Morgan fingerprint density at radius 3 is 2.59 bits per heavy atom. The summed E-state index contributed by atoms with van der Waals surface area (Å²) in [5.74, 6) is 0.839. The van der Waals surface area contributed by atoms with Crippen molar-refractivity contribution in [2.24, 2.45) is 17.1 Å². The van der Waals surface area contributed by atoms with E-state index in [1.807, 2.05) is 0 Å². The van der Waals surface area contributed by atoms with Crippen molar-refractivity contribution in [3.05, 3.63) is 0 Å². The summed E-state index contributed by atoms with van der Waals surface area (Å²) in [6.07, 6.45) is 12.4. The molecule has 2 atom stereocenters. The maximum absolute atomic E-state index is 6.04. The lowest BCUT2D eigenvalue weighted by Gasteiger charge is -2.35. The third-order valence-corrected chi connectivity index (χ3v) is 4.87. The SMILES string of the molecule is CC1(CNCC2CCCC(N)C2)CCCCC1. The van der Waals surface area contributed by atoms with Crippen molar-refractivity contribution in [3.8, 4) is 0 Å². The molecular weight excluding hydrogens is 208 g/mol. The van der Waals surface area contributed by atoms with Crippen molar-refractivity contribution in [1.29, 1.82) is 0 Å². The fourth-order valence-corrected chi connectivity index (χ4v) is 3.68. The second kappa shape index (κ2) is 6.19. The summed E-state index contributed by atoms with van der Waals surface area (Å²) in [4.78, 5) is 0. The normalized spacial score (nSPS) is 33.5. The molecule has 0 amide bonds. The standard InChI is InChI=1S/C15H30N2/c1-15(8-3-2-4-9-15)12-17-11-13-6-5-7-14(16)10-13/h13-14,17H,2-12,16H2,1H3. The Balaban J connectivity index is 1.64. The van der Waals surface area contributed by atoms with Crippen molar-refractivity contribution in [1.82, 2.24) is 5.32 Å². The van der Waals surface area contributed by atoms with Crippen LogP contribution in [0.3, 0.4) is 0 Å². The molecule has 2 nitrogen and oxygen atoms in total. The predicted octanol–water partition coefficient (Wildman–Crippen LogP) is 3.06. The first-order valence-electron chi connectivity index (χ1n) is 7.64. The zero-order valence-corrected chi connectivity index (χ0v) is 11.5. The Bertz CT molecular complexity index is 221. The molecule has 17 heavy (non-hydrogen) atoms. The molecule has 0 saturated heterocycles. The highest BCUT2D eigenvalue weighted by Crippen LogP contribution is 2.35. The number of nitrogens with one attached hydrogen (secondary N) is 1. The van der Waals surface area contributed by atoms with Crippen LogP contribution in [-0.4, -0.2) is 19.1 Å². The summed E-state index contributed by atoms with van der Waals surface area (Å²) >= 11 is 0. The average molecular weight is 238 g/mol. The van der Waals surface area contributed by atoms with E-state index in [2.05, 4.69) is 12.2 Å². The quantitative estimate of drug-likeness (QED) is 0.790. The first-order valence-corrected chi connectivity index (χ1v) is 7.64. The minimum absolute atomic E-state index is 0.473. The van der Waals surface area contributed by atoms with Gasteiger partial charge >= 0.3 is 0 Å². The molecule has 0 spiro atoms. The van der Waals surface area contributed by atoms with Gasteiger partial charge in [0.2, 0.25) is 0 Å². The average Bonchev–Trinajstić information content (AvgIpc) is 2.30. The minimum atomic E-state index is 0.473. The van der Waals surface area contributed by atoms with Gasteiger partial charge < -0.3 is 11.1 Å². The van der Waals surface area contributed by atoms with Crippen molar-refractivity contribution in [3.63, 3.8) is 0 Å². The molecule has 0 aromatic carbocycles. The molecule has 2 unspecified atom stereocenters. The number of nitrogens with two attached hydrogens (primary N) is 1. The van der Waals surface area contributed by atoms with Crippen LogP contribution in [0, 0.1) is 11.3 Å². The first-order chi connectivity index (χ1) is 8.18. The Morgan fingerprint density at radius 2 is 1.88 bits per heavy atom. The van der Waals surface area contributed by atoms with Crippen LogP contribution in [0.2, 0.25) is 0 Å². The van der Waals surface area contributed by atoms with Gasteiger partial charge in [-0.25, -0.2) is 0 Å². The molecule has 2 saturated carbocycles. The van der Waals surface area contributed by atoms with E-state index >= 15 is 0 Å². The predicted molar refractivity (Wildman–Crippen MR) is 74.0 cm³/mol.